The lowest BCUT2D eigenvalue weighted by Gasteiger charge is -2.31. The van der Waals surface area contributed by atoms with Crippen LogP contribution in [-0.2, 0) is 4.74 Å². The highest BCUT2D eigenvalue weighted by molar-refractivity contribution is 5.76. The summed E-state index contributed by atoms with van der Waals surface area (Å²) in [5, 5.41) is 3.10. The molecule has 2 aromatic rings. The second-order valence-corrected chi connectivity index (χ2v) is 5.45. The third-order valence-corrected chi connectivity index (χ3v) is 3.52. The third kappa shape index (κ3) is 3.07. The Hall–Kier alpha value is -1.89. The molecule has 0 radical (unpaired) electrons. The van der Waals surface area contributed by atoms with Gasteiger partial charge in [0.25, 0.3) is 0 Å². The zero-order chi connectivity index (χ0) is 14.8. The molecule has 0 saturated carbocycles. The van der Waals surface area contributed by atoms with Gasteiger partial charge in [-0.3, -0.25) is 0 Å². The molecule has 1 aliphatic heterocycles. The Bertz CT molecular complexity index is 604. The maximum absolute atomic E-state index is 6.11. The van der Waals surface area contributed by atoms with Crippen molar-refractivity contribution >= 4 is 17.1 Å². The summed E-state index contributed by atoms with van der Waals surface area (Å²) in [5.41, 5.74) is 1.35. The van der Waals surface area contributed by atoms with E-state index in [1.807, 2.05) is 6.92 Å². The SMILES string of the molecule is CCNc1nc(OC2CC(C)OC(C)C2)c2[nH]cnc2n1. The fourth-order valence-electron chi connectivity index (χ4n) is 2.73. The van der Waals surface area contributed by atoms with Gasteiger partial charge in [-0.25, -0.2) is 4.98 Å². The summed E-state index contributed by atoms with van der Waals surface area (Å²) in [6.45, 7) is 6.89. The van der Waals surface area contributed by atoms with Crippen LogP contribution in [0.15, 0.2) is 6.33 Å². The quantitative estimate of drug-likeness (QED) is 0.897. The molecule has 0 amide bonds. The molecule has 0 aromatic carbocycles. The Balaban J connectivity index is 1.86. The highest BCUT2D eigenvalue weighted by atomic mass is 16.5. The molecule has 2 atom stereocenters. The maximum Gasteiger partial charge on any atom is 0.245 e. The predicted molar refractivity (Wildman–Crippen MR) is 79.5 cm³/mol. The first-order chi connectivity index (χ1) is 10.2. The molecule has 2 unspecified atom stereocenters. The Morgan fingerprint density at radius 2 is 2.10 bits per heavy atom. The average Bonchev–Trinajstić information content (AvgIpc) is 2.86. The zero-order valence-electron chi connectivity index (χ0n) is 12.6. The normalized spacial score (nSPS) is 26.0. The topological polar surface area (TPSA) is 85.0 Å². The number of anilines is 1. The summed E-state index contributed by atoms with van der Waals surface area (Å²) in [5.74, 6) is 1.10. The van der Waals surface area contributed by atoms with E-state index in [9.17, 15) is 0 Å². The molecular weight excluding hydrogens is 270 g/mol. The molecule has 7 heteroatoms. The van der Waals surface area contributed by atoms with Crippen molar-refractivity contribution in [3.63, 3.8) is 0 Å². The molecule has 1 saturated heterocycles. The van der Waals surface area contributed by atoms with E-state index in [1.165, 1.54) is 0 Å². The second kappa shape index (κ2) is 5.85. The lowest BCUT2D eigenvalue weighted by atomic mass is 10.0. The number of nitrogens with zero attached hydrogens (tertiary/aromatic N) is 3. The van der Waals surface area contributed by atoms with E-state index in [0.29, 0.717) is 17.5 Å². The lowest BCUT2D eigenvalue weighted by Crippen LogP contribution is -2.36. The van der Waals surface area contributed by atoms with E-state index in [2.05, 4.69) is 39.1 Å². The molecule has 0 spiro atoms. The number of H-pyrrole nitrogens is 1. The van der Waals surface area contributed by atoms with E-state index in [0.717, 1.165) is 24.9 Å². The molecule has 1 aliphatic rings. The number of fused-ring (bicyclic) bond motifs is 1. The molecule has 21 heavy (non-hydrogen) atoms. The van der Waals surface area contributed by atoms with Crippen molar-refractivity contribution in [2.45, 2.75) is 51.9 Å². The highest BCUT2D eigenvalue weighted by Gasteiger charge is 2.27. The first-order valence-corrected chi connectivity index (χ1v) is 7.42. The van der Waals surface area contributed by atoms with Crippen LogP contribution in [0.1, 0.15) is 33.6 Å². The van der Waals surface area contributed by atoms with E-state index in [1.54, 1.807) is 6.33 Å². The summed E-state index contributed by atoms with van der Waals surface area (Å²) in [7, 11) is 0. The summed E-state index contributed by atoms with van der Waals surface area (Å²) in [4.78, 5) is 16.0. The summed E-state index contributed by atoms with van der Waals surface area (Å²) in [6, 6.07) is 0. The van der Waals surface area contributed by atoms with Gasteiger partial charge in [0.2, 0.25) is 11.8 Å². The smallest absolute Gasteiger partial charge is 0.245 e. The minimum absolute atomic E-state index is 0.0969. The van der Waals surface area contributed by atoms with E-state index < -0.39 is 0 Å². The van der Waals surface area contributed by atoms with Crippen LogP contribution in [0.25, 0.3) is 11.2 Å². The van der Waals surface area contributed by atoms with Crippen LogP contribution in [-0.4, -0.2) is 44.8 Å². The van der Waals surface area contributed by atoms with Crippen LogP contribution in [0.5, 0.6) is 5.88 Å². The van der Waals surface area contributed by atoms with Gasteiger partial charge in [-0.2, -0.15) is 9.97 Å². The van der Waals surface area contributed by atoms with Gasteiger partial charge in [0, 0.05) is 19.4 Å². The zero-order valence-corrected chi connectivity index (χ0v) is 12.6. The van der Waals surface area contributed by atoms with Crippen LogP contribution in [0.4, 0.5) is 5.95 Å². The predicted octanol–water partition coefficient (Wildman–Crippen LogP) is 2.12. The number of hydrogen-bond acceptors (Lipinski definition) is 6. The van der Waals surface area contributed by atoms with Gasteiger partial charge >= 0.3 is 0 Å². The first-order valence-electron chi connectivity index (χ1n) is 7.42. The number of rotatable bonds is 4. The van der Waals surface area contributed by atoms with Crippen molar-refractivity contribution in [1.82, 2.24) is 19.9 Å². The standard InChI is InChI=1S/C14H21N5O2/c1-4-15-14-18-12-11(16-7-17-12)13(19-14)21-10-5-8(2)20-9(3)6-10/h7-10H,4-6H2,1-3H3,(H2,15,16,17,18,19). The number of aromatic nitrogens is 4. The third-order valence-electron chi connectivity index (χ3n) is 3.52. The minimum atomic E-state index is 0.0969. The van der Waals surface area contributed by atoms with E-state index in [4.69, 9.17) is 9.47 Å². The van der Waals surface area contributed by atoms with Crippen molar-refractivity contribution in [2.24, 2.45) is 0 Å². The average molecular weight is 291 g/mol. The monoisotopic (exact) mass is 291 g/mol. The molecule has 3 rings (SSSR count). The van der Waals surface area contributed by atoms with Crippen LogP contribution in [0, 0.1) is 0 Å². The van der Waals surface area contributed by atoms with Gasteiger partial charge in [-0.1, -0.05) is 0 Å². The first kappa shape index (κ1) is 14.1. The van der Waals surface area contributed by atoms with Crippen LogP contribution < -0.4 is 10.1 Å². The van der Waals surface area contributed by atoms with E-state index in [-0.39, 0.29) is 18.3 Å². The number of hydrogen-bond donors (Lipinski definition) is 2. The van der Waals surface area contributed by atoms with Gasteiger partial charge < -0.3 is 19.8 Å². The Kier molecular flexibility index (Phi) is 3.92. The van der Waals surface area contributed by atoms with Crippen molar-refractivity contribution in [2.75, 3.05) is 11.9 Å². The highest BCUT2D eigenvalue weighted by Crippen LogP contribution is 2.27. The number of imidazole rings is 1. The van der Waals surface area contributed by atoms with Gasteiger partial charge in [0.05, 0.1) is 18.5 Å². The number of nitrogens with one attached hydrogen (secondary N) is 2. The number of aromatic amines is 1. The summed E-state index contributed by atoms with van der Waals surface area (Å²) < 4.78 is 11.9. The van der Waals surface area contributed by atoms with Crippen molar-refractivity contribution < 1.29 is 9.47 Å². The fraction of sp³-hybridized carbons (Fsp3) is 0.643. The van der Waals surface area contributed by atoms with Crippen molar-refractivity contribution in [3.8, 4) is 5.88 Å². The van der Waals surface area contributed by atoms with Crippen molar-refractivity contribution in [3.05, 3.63) is 6.33 Å². The molecule has 2 aromatic heterocycles. The molecule has 114 valence electrons. The second-order valence-electron chi connectivity index (χ2n) is 5.45. The van der Waals surface area contributed by atoms with Gasteiger partial charge in [0.1, 0.15) is 11.6 Å². The lowest BCUT2D eigenvalue weighted by molar-refractivity contribution is -0.0726. The van der Waals surface area contributed by atoms with Gasteiger partial charge in [0.15, 0.2) is 5.65 Å². The molecular formula is C14H21N5O2. The minimum Gasteiger partial charge on any atom is -0.472 e. The molecule has 0 bridgehead atoms. The molecule has 3 heterocycles. The largest absolute Gasteiger partial charge is 0.472 e. The molecule has 7 nitrogen and oxygen atoms in total. The Labute approximate surface area is 123 Å². The van der Waals surface area contributed by atoms with Gasteiger partial charge in [-0.05, 0) is 20.8 Å². The summed E-state index contributed by atoms with van der Waals surface area (Å²) in [6.07, 6.45) is 3.83. The fourth-order valence-corrected chi connectivity index (χ4v) is 2.73. The Morgan fingerprint density at radius 3 is 2.81 bits per heavy atom. The van der Waals surface area contributed by atoms with Crippen LogP contribution in [0.2, 0.25) is 0 Å². The Morgan fingerprint density at radius 1 is 1.33 bits per heavy atom. The molecule has 1 fully saturated rings. The molecule has 2 N–H and O–H groups in total. The van der Waals surface area contributed by atoms with Crippen molar-refractivity contribution in [1.29, 1.82) is 0 Å². The van der Waals surface area contributed by atoms with Crippen LogP contribution in [0.3, 0.4) is 0 Å². The van der Waals surface area contributed by atoms with E-state index >= 15 is 0 Å². The summed E-state index contributed by atoms with van der Waals surface area (Å²) >= 11 is 0. The van der Waals surface area contributed by atoms with Gasteiger partial charge in [-0.15, -0.1) is 0 Å². The number of ether oxygens (including phenoxy) is 2. The molecule has 0 aliphatic carbocycles. The van der Waals surface area contributed by atoms with Crippen LogP contribution >= 0.6 is 0 Å². The maximum atomic E-state index is 6.11.